The van der Waals surface area contributed by atoms with E-state index >= 15 is 0 Å². The quantitative estimate of drug-likeness (QED) is 0.802. The van der Waals surface area contributed by atoms with Crippen LogP contribution in [-0.2, 0) is 13.0 Å². The van der Waals surface area contributed by atoms with Crippen LogP contribution in [0, 0.1) is 0 Å². The van der Waals surface area contributed by atoms with E-state index in [2.05, 4.69) is 30.5 Å². The van der Waals surface area contributed by atoms with Gasteiger partial charge in [0.15, 0.2) is 4.73 Å². The minimum Gasteiger partial charge on any atom is -0.322 e. The molecule has 0 saturated carbocycles. The minimum atomic E-state index is 0.953. The maximum Gasteiger partial charge on any atom is 0.177 e. The van der Waals surface area contributed by atoms with Crippen molar-refractivity contribution in [1.29, 1.82) is 0 Å². The zero-order valence-electron chi connectivity index (χ0n) is 8.86. The normalized spacial score (nSPS) is 14.8. The highest BCUT2D eigenvalue weighted by Crippen LogP contribution is 2.30. The van der Waals surface area contributed by atoms with Crippen molar-refractivity contribution in [3.05, 3.63) is 35.0 Å². The summed E-state index contributed by atoms with van der Waals surface area (Å²) in [5, 5.41) is 0. The van der Waals surface area contributed by atoms with Gasteiger partial charge in [-0.3, -0.25) is 4.98 Å². The zero-order valence-corrected chi connectivity index (χ0v) is 10.4. The van der Waals surface area contributed by atoms with E-state index in [-0.39, 0.29) is 0 Å². The van der Waals surface area contributed by atoms with E-state index in [4.69, 9.17) is 0 Å². The third-order valence-corrected chi connectivity index (χ3v) is 3.63. The van der Waals surface area contributed by atoms with Crippen molar-refractivity contribution in [2.75, 3.05) is 0 Å². The van der Waals surface area contributed by atoms with Crippen LogP contribution in [0.2, 0.25) is 0 Å². The van der Waals surface area contributed by atoms with Crippen LogP contribution in [-0.4, -0.2) is 14.5 Å². The molecule has 0 radical (unpaired) electrons. The van der Waals surface area contributed by atoms with Crippen molar-refractivity contribution in [2.45, 2.75) is 25.8 Å². The number of hydrogen-bond donors (Lipinski definition) is 0. The Bertz CT molecular complexity index is 504. The van der Waals surface area contributed by atoms with Crippen molar-refractivity contribution in [2.24, 2.45) is 0 Å². The minimum absolute atomic E-state index is 0.953. The summed E-state index contributed by atoms with van der Waals surface area (Å²) < 4.78 is 3.23. The molecule has 0 atom stereocenters. The summed E-state index contributed by atoms with van der Waals surface area (Å²) in [6, 6.07) is 4.04. The number of pyridine rings is 1. The van der Waals surface area contributed by atoms with Gasteiger partial charge in [0.1, 0.15) is 0 Å². The molecule has 16 heavy (non-hydrogen) atoms. The molecule has 4 heteroatoms. The van der Waals surface area contributed by atoms with Crippen LogP contribution in [0.3, 0.4) is 0 Å². The predicted molar refractivity (Wildman–Crippen MR) is 66.1 cm³/mol. The highest BCUT2D eigenvalue weighted by atomic mass is 79.9. The molecular formula is C12H12BrN3. The van der Waals surface area contributed by atoms with Crippen molar-refractivity contribution in [1.82, 2.24) is 14.5 Å². The lowest BCUT2D eigenvalue weighted by Crippen LogP contribution is -2.10. The van der Waals surface area contributed by atoms with Gasteiger partial charge in [0.05, 0.1) is 5.69 Å². The van der Waals surface area contributed by atoms with Gasteiger partial charge in [0.25, 0.3) is 0 Å². The Morgan fingerprint density at radius 2 is 2.00 bits per heavy atom. The number of nitrogens with zero attached hydrogens (tertiary/aromatic N) is 3. The van der Waals surface area contributed by atoms with Gasteiger partial charge in [-0.05, 0) is 47.3 Å². The molecule has 0 saturated heterocycles. The molecule has 0 spiro atoms. The monoisotopic (exact) mass is 277 g/mol. The second kappa shape index (κ2) is 4.01. The standard InChI is InChI=1S/C12H12BrN3/c13-12-15-11(9-4-6-14-7-5-9)10-3-1-2-8-16(10)12/h4-7H,1-3,8H2. The van der Waals surface area contributed by atoms with E-state index in [1.807, 2.05) is 24.5 Å². The molecule has 0 bridgehead atoms. The molecule has 0 amide bonds. The maximum atomic E-state index is 4.61. The van der Waals surface area contributed by atoms with E-state index in [1.54, 1.807) is 0 Å². The number of rotatable bonds is 1. The molecule has 2 aromatic heterocycles. The van der Waals surface area contributed by atoms with Crippen LogP contribution >= 0.6 is 15.9 Å². The van der Waals surface area contributed by atoms with Gasteiger partial charge >= 0.3 is 0 Å². The third-order valence-electron chi connectivity index (χ3n) is 3.03. The first-order valence-electron chi connectivity index (χ1n) is 5.51. The van der Waals surface area contributed by atoms with Gasteiger partial charge in [-0.15, -0.1) is 0 Å². The van der Waals surface area contributed by atoms with Gasteiger partial charge in [0, 0.05) is 30.2 Å². The molecule has 0 fully saturated rings. The van der Waals surface area contributed by atoms with Crippen LogP contribution in [0.5, 0.6) is 0 Å². The van der Waals surface area contributed by atoms with Crippen molar-refractivity contribution in [3.63, 3.8) is 0 Å². The molecule has 0 N–H and O–H groups in total. The van der Waals surface area contributed by atoms with E-state index < -0.39 is 0 Å². The largest absolute Gasteiger partial charge is 0.322 e. The first-order valence-corrected chi connectivity index (χ1v) is 6.31. The van der Waals surface area contributed by atoms with Gasteiger partial charge < -0.3 is 4.57 Å². The molecule has 2 aromatic rings. The Morgan fingerprint density at radius 3 is 2.81 bits per heavy atom. The SMILES string of the molecule is Brc1nc(-c2ccncc2)c2n1CCCC2. The van der Waals surface area contributed by atoms with Crippen molar-refractivity contribution >= 4 is 15.9 Å². The predicted octanol–water partition coefficient (Wildman–Crippen LogP) is 3.04. The van der Waals surface area contributed by atoms with Gasteiger partial charge in [-0.2, -0.15) is 0 Å². The molecule has 1 aliphatic rings. The molecule has 3 nitrogen and oxygen atoms in total. The number of fused-ring (bicyclic) bond motifs is 1. The van der Waals surface area contributed by atoms with Crippen LogP contribution in [0.15, 0.2) is 29.3 Å². The third kappa shape index (κ3) is 1.57. The van der Waals surface area contributed by atoms with Gasteiger partial charge in [-0.1, -0.05) is 0 Å². The van der Waals surface area contributed by atoms with Gasteiger partial charge in [-0.25, -0.2) is 4.98 Å². The fraction of sp³-hybridized carbons (Fsp3) is 0.333. The molecule has 82 valence electrons. The van der Waals surface area contributed by atoms with Crippen LogP contribution in [0.25, 0.3) is 11.3 Å². The Kier molecular flexibility index (Phi) is 2.52. The Balaban J connectivity index is 2.15. The molecule has 0 aliphatic carbocycles. The maximum absolute atomic E-state index is 4.61. The van der Waals surface area contributed by atoms with Crippen LogP contribution < -0.4 is 0 Å². The van der Waals surface area contributed by atoms with Crippen molar-refractivity contribution < 1.29 is 0 Å². The zero-order chi connectivity index (χ0) is 11.0. The smallest absolute Gasteiger partial charge is 0.177 e. The average Bonchev–Trinajstić information content (AvgIpc) is 2.69. The second-order valence-corrected chi connectivity index (χ2v) is 4.73. The summed E-state index contributed by atoms with van der Waals surface area (Å²) in [6.45, 7) is 1.08. The van der Waals surface area contributed by atoms with E-state index in [0.717, 1.165) is 29.0 Å². The molecular weight excluding hydrogens is 266 g/mol. The number of imidazole rings is 1. The lowest BCUT2D eigenvalue weighted by atomic mass is 10.0. The van der Waals surface area contributed by atoms with Gasteiger partial charge in [0.2, 0.25) is 0 Å². The topological polar surface area (TPSA) is 30.7 Å². The summed E-state index contributed by atoms with van der Waals surface area (Å²) >= 11 is 3.54. The number of halogens is 1. The first kappa shape index (κ1) is 10.0. The summed E-state index contributed by atoms with van der Waals surface area (Å²) in [5.74, 6) is 0. The summed E-state index contributed by atoms with van der Waals surface area (Å²) in [6.07, 6.45) is 7.26. The van der Waals surface area contributed by atoms with Crippen LogP contribution in [0.1, 0.15) is 18.5 Å². The fourth-order valence-corrected chi connectivity index (χ4v) is 2.81. The Morgan fingerprint density at radius 1 is 1.19 bits per heavy atom. The molecule has 3 heterocycles. The molecule has 3 rings (SSSR count). The summed E-state index contributed by atoms with van der Waals surface area (Å²) in [4.78, 5) is 8.66. The number of aromatic nitrogens is 3. The Labute approximate surface area is 103 Å². The summed E-state index contributed by atoms with van der Waals surface area (Å²) in [5.41, 5.74) is 3.62. The second-order valence-electron chi connectivity index (χ2n) is 4.02. The number of hydrogen-bond acceptors (Lipinski definition) is 2. The van der Waals surface area contributed by atoms with E-state index in [9.17, 15) is 0 Å². The fourth-order valence-electron chi connectivity index (χ4n) is 2.24. The van der Waals surface area contributed by atoms with Crippen LogP contribution in [0.4, 0.5) is 0 Å². The molecule has 0 unspecified atom stereocenters. The molecule has 1 aliphatic heterocycles. The molecule has 0 aromatic carbocycles. The average molecular weight is 278 g/mol. The lowest BCUT2D eigenvalue weighted by molar-refractivity contribution is 0.525. The highest BCUT2D eigenvalue weighted by Gasteiger charge is 2.19. The Hall–Kier alpha value is -1.16. The first-order chi connectivity index (χ1) is 7.86. The highest BCUT2D eigenvalue weighted by molar-refractivity contribution is 9.10. The summed E-state index contributed by atoms with van der Waals surface area (Å²) in [7, 11) is 0. The lowest BCUT2D eigenvalue weighted by Gasteiger charge is -2.15. The van der Waals surface area contributed by atoms with Crippen molar-refractivity contribution in [3.8, 4) is 11.3 Å². The van der Waals surface area contributed by atoms with E-state index in [0.29, 0.717) is 0 Å². The van der Waals surface area contributed by atoms with E-state index in [1.165, 1.54) is 18.5 Å².